The molecule has 0 fully saturated rings. The minimum Gasteiger partial charge on any atom is -0.456 e. The summed E-state index contributed by atoms with van der Waals surface area (Å²) >= 11 is 0. The molecule has 1 heterocycles. The standard InChI is InChI=1S/C60H45NO/c1-59(2)50-28-10-5-21-43(50)45-35-34-39(37-52(45)59)41-20-7-12-30-53(41)61(54-31-13-8-23-46(54)47-26-17-33-56-57(47)49-24-9-14-32-55(49)62-56)40-19-15-18-38(36-40)42-25-16-27-48-44-22-6-11-29-51(44)60(3,4)58(42)48/h5-37H,1-4H3. The largest absolute Gasteiger partial charge is 0.456 e. The molecule has 0 saturated carbocycles. The van der Waals surface area contributed by atoms with Crippen molar-refractivity contribution in [2.75, 3.05) is 4.90 Å². The van der Waals surface area contributed by atoms with Crippen LogP contribution in [0.25, 0.3) is 77.6 Å². The van der Waals surface area contributed by atoms with Crippen LogP contribution in [0.3, 0.4) is 0 Å². The van der Waals surface area contributed by atoms with Gasteiger partial charge < -0.3 is 9.32 Å². The predicted octanol–water partition coefficient (Wildman–Crippen LogP) is 16.7. The van der Waals surface area contributed by atoms with Crippen molar-refractivity contribution < 1.29 is 4.42 Å². The summed E-state index contributed by atoms with van der Waals surface area (Å²) in [6.45, 7) is 9.48. The molecule has 10 aromatic rings. The summed E-state index contributed by atoms with van der Waals surface area (Å²) in [7, 11) is 0. The zero-order valence-electron chi connectivity index (χ0n) is 35.4. The lowest BCUT2D eigenvalue weighted by Gasteiger charge is -2.31. The van der Waals surface area contributed by atoms with Crippen molar-refractivity contribution in [1.29, 1.82) is 0 Å². The first kappa shape index (κ1) is 36.4. The average Bonchev–Trinajstić information content (AvgIpc) is 3.89. The summed E-state index contributed by atoms with van der Waals surface area (Å²) in [6.07, 6.45) is 0. The lowest BCUT2D eigenvalue weighted by Crippen LogP contribution is -2.16. The number of benzene rings is 9. The molecule has 2 nitrogen and oxygen atoms in total. The van der Waals surface area contributed by atoms with Crippen molar-refractivity contribution in [1.82, 2.24) is 0 Å². The highest BCUT2D eigenvalue weighted by Crippen LogP contribution is 2.54. The van der Waals surface area contributed by atoms with Crippen LogP contribution in [0.1, 0.15) is 49.9 Å². The van der Waals surface area contributed by atoms with Gasteiger partial charge in [0.2, 0.25) is 0 Å². The second kappa shape index (κ2) is 13.5. The van der Waals surface area contributed by atoms with E-state index in [4.69, 9.17) is 4.42 Å². The number of hydrogen-bond donors (Lipinski definition) is 0. The van der Waals surface area contributed by atoms with Gasteiger partial charge in [0, 0.05) is 38.4 Å². The van der Waals surface area contributed by atoms with E-state index in [-0.39, 0.29) is 10.8 Å². The molecule has 62 heavy (non-hydrogen) atoms. The number of furan rings is 1. The lowest BCUT2D eigenvalue weighted by atomic mass is 9.79. The van der Waals surface area contributed by atoms with E-state index in [1.54, 1.807) is 0 Å². The molecule has 296 valence electrons. The first-order chi connectivity index (χ1) is 30.3. The molecule has 2 aliphatic carbocycles. The van der Waals surface area contributed by atoms with Crippen molar-refractivity contribution >= 4 is 39.0 Å². The van der Waals surface area contributed by atoms with Crippen LogP contribution >= 0.6 is 0 Å². The van der Waals surface area contributed by atoms with Crippen LogP contribution in [0.2, 0.25) is 0 Å². The number of rotatable bonds is 6. The number of anilines is 3. The number of hydrogen-bond acceptors (Lipinski definition) is 2. The smallest absolute Gasteiger partial charge is 0.136 e. The third kappa shape index (κ3) is 5.29. The maximum Gasteiger partial charge on any atom is 0.136 e. The van der Waals surface area contributed by atoms with Gasteiger partial charge in [-0.05, 0) is 109 Å². The van der Waals surface area contributed by atoms with E-state index in [9.17, 15) is 0 Å². The molecule has 0 radical (unpaired) electrons. The van der Waals surface area contributed by atoms with Crippen LogP contribution in [-0.2, 0) is 10.8 Å². The first-order valence-electron chi connectivity index (χ1n) is 21.8. The summed E-state index contributed by atoms with van der Waals surface area (Å²) in [5.41, 5.74) is 22.7. The predicted molar refractivity (Wildman–Crippen MR) is 260 cm³/mol. The molecular weight excluding hydrogens is 751 g/mol. The maximum absolute atomic E-state index is 6.47. The van der Waals surface area contributed by atoms with Crippen LogP contribution in [-0.4, -0.2) is 0 Å². The number of fused-ring (bicyclic) bond motifs is 9. The van der Waals surface area contributed by atoms with E-state index in [1.165, 1.54) is 66.8 Å². The Labute approximate surface area is 363 Å². The van der Waals surface area contributed by atoms with E-state index in [1.807, 2.05) is 6.07 Å². The summed E-state index contributed by atoms with van der Waals surface area (Å²) in [5.74, 6) is 0. The fourth-order valence-corrected chi connectivity index (χ4v) is 11.0. The average molecular weight is 796 g/mol. The Kier molecular flexibility index (Phi) is 7.96. The molecule has 0 amide bonds. The lowest BCUT2D eigenvalue weighted by molar-refractivity contribution is 0.660. The van der Waals surface area contributed by atoms with Crippen LogP contribution < -0.4 is 4.90 Å². The van der Waals surface area contributed by atoms with Crippen LogP contribution in [0.15, 0.2) is 205 Å². The summed E-state index contributed by atoms with van der Waals surface area (Å²) in [5, 5.41) is 2.24. The molecule has 0 saturated heterocycles. The first-order valence-corrected chi connectivity index (χ1v) is 21.8. The number of para-hydroxylation sites is 3. The van der Waals surface area contributed by atoms with E-state index < -0.39 is 0 Å². The third-order valence-corrected chi connectivity index (χ3v) is 13.9. The van der Waals surface area contributed by atoms with Gasteiger partial charge in [0.05, 0.1) is 11.4 Å². The highest BCUT2D eigenvalue weighted by molar-refractivity contribution is 6.14. The zero-order chi connectivity index (χ0) is 41.7. The zero-order valence-corrected chi connectivity index (χ0v) is 35.4. The molecule has 0 N–H and O–H groups in total. The molecule has 2 aliphatic rings. The Balaban J connectivity index is 1.10. The Morgan fingerprint density at radius 1 is 0.355 bits per heavy atom. The van der Waals surface area contributed by atoms with Gasteiger partial charge in [-0.25, -0.2) is 0 Å². The monoisotopic (exact) mass is 795 g/mol. The Hall–Kier alpha value is -7.42. The third-order valence-electron chi connectivity index (χ3n) is 13.9. The van der Waals surface area contributed by atoms with Gasteiger partial charge in [-0.15, -0.1) is 0 Å². The van der Waals surface area contributed by atoms with Gasteiger partial charge >= 0.3 is 0 Å². The highest BCUT2D eigenvalue weighted by atomic mass is 16.3. The van der Waals surface area contributed by atoms with Gasteiger partial charge in [0.1, 0.15) is 11.2 Å². The minimum atomic E-state index is -0.148. The molecule has 12 rings (SSSR count). The van der Waals surface area contributed by atoms with Gasteiger partial charge in [-0.1, -0.05) is 185 Å². The fourth-order valence-electron chi connectivity index (χ4n) is 11.0. The van der Waals surface area contributed by atoms with Crippen molar-refractivity contribution in [3.8, 4) is 55.6 Å². The van der Waals surface area contributed by atoms with Crippen LogP contribution in [0.5, 0.6) is 0 Å². The van der Waals surface area contributed by atoms with Gasteiger partial charge in [0.25, 0.3) is 0 Å². The highest BCUT2D eigenvalue weighted by Gasteiger charge is 2.38. The maximum atomic E-state index is 6.47. The quantitative estimate of drug-likeness (QED) is 0.167. The topological polar surface area (TPSA) is 16.4 Å². The second-order valence-corrected chi connectivity index (χ2v) is 18.0. The van der Waals surface area contributed by atoms with Gasteiger partial charge in [-0.3, -0.25) is 0 Å². The van der Waals surface area contributed by atoms with E-state index >= 15 is 0 Å². The SMILES string of the molecule is CC1(C)c2ccccc2-c2ccc(-c3ccccc3N(c3cccc(-c4cccc5c4C(C)(C)c4ccccc4-5)c3)c3ccccc3-c3cccc4oc5ccccc5c34)cc21. The van der Waals surface area contributed by atoms with E-state index in [2.05, 4.69) is 227 Å². The molecular formula is C60H45NO. The molecule has 2 heteroatoms. The number of nitrogens with zero attached hydrogens (tertiary/aromatic N) is 1. The molecule has 9 aromatic carbocycles. The van der Waals surface area contributed by atoms with E-state index in [0.29, 0.717) is 0 Å². The van der Waals surface area contributed by atoms with Crippen molar-refractivity contribution in [3.63, 3.8) is 0 Å². The van der Waals surface area contributed by atoms with E-state index in [0.717, 1.165) is 50.1 Å². The molecule has 0 bridgehead atoms. The molecule has 0 atom stereocenters. The minimum absolute atomic E-state index is 0.118. The van der Waals surface area contributed by atoms with Gasteiger partial charge in [-0.2, -0.15) is 0 Å². The fraction of sp³-hybridized carbons (Fsp3) is 0.100. The van der Waals surface area contributed by atoms with Crippen molar-refractivity contribution in [3.05, 3.63) is 222 Å². The van der Waals surface area contributed by atoms with Crippen LogP contribution in [0.4, 0.5) is 17.1 Å². The molecule has 0 spiro atoms. The second-order valence-electron chi connectivity index (χ2n) is 18.0. The van der Waals surface area contributed by atoms with Crippen molar-refractivity contribution in [2.45, 2.75) is 38.5 Å². The van der Waals surface area contributed by atoms with Crippen molar-refractivity contribution in [2.24, 2.45) is 0 Å². The normalized spacial score (nSPS) is 14.1. The Morgan fingerprint density at radius 3 is 1.69 bits per heavy atom. The summed E-state index contributed by atoms with van der Waals surface area (Å²) in [6, 6.07) is 73.6. The Bertz CT molecular complexity index is 3430. The molecule has 0 aliphatic heterocycles. The summed E-state index contributed by atoms with van der Waals surface area (Å²) in [4.78, 5) is 2.49. The Morgan fingerprint density at radius 2 is 0.887 bits per heavy atom. The molecule has 1 aromatic heterocycles. The summed E-state index contributed by atoms with van der Waals surface area (Å²) < 4.78 is 6.47. The molecule has 0 unspecified atom stereocenters. The van der Waals surface area contributed by atoms with Gasteiger partial charge in [0.15, 0.2) is 0 Å². The van der Waals surface area contributed by atoms with Crippen LogP contribution in [0, 0.1) is 0 Å².